The van der Waals surface area contributed by atoms with Crippen LogP contribution in [0.25, 0.3) is 0 Å². The summed E-state index contributed by atoms with van der Waals surface area (Å²) in [5.74, 6) is 2.92. The van der Waals surface area contributed by atoms with Crippen molar-refractivity contribution in [2.24, 2.45) is 56.7 Å². The molecule has 0 aromatic heterocycles. The molecule has 5 saturated carbocycles. The lowest BCUT2D eigenvalue weighted by molar-refractivity contribution is -0.275. The molecule has 0 saturated heterocycles. The minimum atomic E-state index is -0.643. The summed E-state index contributed by atoms with van der Waals surface area (Å²) in [6.07, 6.45) is 12.4. The van der Waals surface area contributed by atoms with Crippen molar-refractivity contribution in [3.05, 3.63) is 0 Å². The number of hydrogen-bond acceptors (Lipinski definition) is 2. The summed E-state index contributed by atoms with van der Waals surface area (Å²) < 4.78 is 0. The highest BCUT2D eigenvalue weighted by Crippen LogP contribution is 2.78. The summed E-state index contributed by atoms with van der Waals surface area (Å²) in [7, 11) is 0. The summed E-state index contributed by atoms with van der Waals surface area (Å²) >= 11 is 0. The number of hydrogen-bond donors (Lipinski definition) is 2. The molecule has 0 heterocycles. The highest BCUT2D eigenvalue weighted by Gasteiger charge is 2.73. The molecule has 5 rings (SSSR count). The van der Waals surface area contributed by atoms with Crippen molar-refractivity contribution in [3.8, 4) is 0 Å². The molecule has 32 heavy (non-hydrogen) atoms. The fourth-order valence-electron chi connectivity index (χ4n) is 12.1. The summed E-state index contributed by atoms with van der Waals surface area (Å²) in [6, 6.07) is 0. The molecule has 2 nitrogen and oxygen atoms in total. The molecule has 0 aliphatic heterocycles. The zero-order valence-corrected chi connectivity index (χ0v) is 22.4. The van der Waals surface area contributed by atoms with Crippen molar-refractivity contribution in [3.63, 3.8) is 0 Å². The zero-order chi connectivity index (χ0) is 23.5. The minimum Gasteiger partial charge on any atom is -0.393 e. The van der Waals surface area contributed by atoms with Crippen LogP contribution >= 0.6 is 0 Å². The fraction of sp³-hybridized carbons (Fsp3) is 1.00. The van der Waals surface area contributed by atoms with Crippen molar-refractivity contribution in [1.82, 2.24) is 0 Å². The highest BCUT2D eigenvalue weighted by atomic mass is 16.3. The van der Waals surface area contributed by atoms with Gasteiger partial charge in [0.25, 0.3) is 0 Å². The lowest BCUT2D eigenvalue weighted by atomic mass is 9.31. The first-order chi connectivity index (χ1) is 14.6. The molecule has 10 atom stereocenters. The van der Waals surface area contributed by atoms with Crippen LogP contribution in [0, 0.1) is 56.7 Å². The maximum absolute atomic E-state index is 12.0. The Morgan fingerprint density at radius 1 is 0.719 bits per heavy atom. The van der Waals surface area contributed by atoms with Crippen LogP contribution in [-0.2, 0) is 0 Å². The second-order valence-electron chi connectivity index (χ2n) is 15.5. The van der Waals surface area contributed by atoms with Gasteiger partial charge >= 0.3 is 0 Å². The molecule has 0 amide bonds. The Morgan fingerprint density at radius 2 is 1.38 bits per heavy atom. The zero-order valence-electron chi connectivity index (χ0n) is 22.4. The van der Waals surface area contributed by atoms with Gasteiger partial charge in [-0.1, -0.05) is 48.0 Å². The maximum Gasteiger partial charge on any atom is 0.0622 e. The Morgan fingerprint density at radius 3 is 2.03 bits per heavy atom. The van der Waals surface area contributed by atoms with E-state index in [1.165, 1.54) is 51.4 Å². The first kappa shape index (κ1) is 23.7. The van der Waals surface area contributed by atoms with Gasteiger partial charge in [-0.15, -0.1) is 0 Å². The van der Waals surface area contributed by atoms with Gasteiger partial charge in [-0.3, -0.25) is 0 Å². The van der Waals surface area contributed by atoms with E-state index in [9.17, 15) is 10.2 Å². The first-order valence-electron chi connectivity index (χ1n) is 14.0. The lowest BCUT2D eigenvalue weighted by Gasteiger charge is -2.74. The van der Waals surface area contributed by atoms with Crippen LogP contribution in [0.4, 0.5) is 0 Å². The molecule has 0 spiro atoms. The summed E-state index contributed by atoms with van der Waals surface area (Å²) in [4.78, 5) is 0. The van der Waals surface area contributed by atoms with Crippen LogP contribution < -0.4 is 0 Å². The molecule has 5 fully saturated rings. The van der Waals surface area contributed by atoms with Crippen LogP contribution in [0.15, 0.2) is 0 Å². The van der Waals surface area contributed by atoms with Crippen LogP contribution in [0.5, 0.6) is 0 Å². The van der Waals surface area contributed by atoms with Crippen molar-refractivity contribution in [2.75, 3.05) is 0 Å². The average molecular weight is 445 g/mol. The van der Waals surface area contributed by atoms with E-state index in [1.807, 2.05) is 13.8 Å². The molecule has 0 aromatic rings. The third kappa shape index (κ3) is 2.72. The van der Waals surface area contributed by atoms with Gasteiger partial charge in [-0.2, -0.15) is 0 Å². The third-order valence-corrected chi connectivity index (χ3v) is 13.7. The molecule has 2 heteroatoms. The molecule has 5 aliphatic carbocycles. The number of rotatable bonds is 1. The van der Waals surface area contributed by atoms with Gasteiger partial charge < -0.3 is 10.2 Å². The van der Waals surface area contributed by atoms with Gasteiger partial charge in [-0.25, -0.2) is 0 Å². The average Bonchev–Trinajstić information content (AvgIpc) is 3.00. The molecule has 0 radical (unpaired) electrons. The first-order valence-corrected chi connectivity index (χ1v) is 14.0. The Kier molecular flexibility index (Phi) is 5.01. The van der Waals surface area contributed by atoms with E-state index in [0.717, 1.165) is 24.7 Å². The number of fused-ring (bicyclic) bond motifs is 7. The van der Waals surface area contributed by atoms with E-state index >= 15 is 0 Å². The number of aliphatic hydroxyl groups excluding tert-OH is 1. The van der Waals surface area contributed by atoms with Crippen LogP contribution in [-0.4, -0.2) is 21.9 Å². The molecule has 0 aromatic carbocycles. The number of aliphatic hydroxyl groups is 2. The molecule has 5 aliphatic rings. The van der Waals surface area contributed by atoms with Gasteiger partial charge in [0.2, 0.25) is 0 Å². The minimum absolute atomic E-state index is 0.00871. The SMILES string of the molecule is CC(C)(O)[C@H]1CC[C@@]2(C)[C@H]1C[C@H](O)[C@]1(C)[C@H]2CC[C@H]2[C@@]3(C)CCCC(C)(C)[C@@H]3CC[C@]21C. The van der Waals surface area contributed by atoms with E-state index in [1.54, 1.807) is 0 Å². The van der Waals surface area contributed by atoms with E-state index in [4.69, 9.17) is 0 Å². The standard InChI is InChI=1S/C30H52O2/c1-25(2)14-9-15-28(6)21(25)13-17-29(7)22(28)10-11-23-27(5)16-12-19(26(3,4)32)20(27)18-24(31)30(23,29)8/h19-24,31-32H,9-18H2,1-8H3/t19-,20-,21-,22-,23-,24-,27-,28-,29+,30-/m0/s1. The van der Waals surface area contributed by atoms with E-state index in [0.29, 0.717) is 28.6 Å². The normalized spacial score (nSPS) is 57.2. The molecule has 184 valence electrons. The second-order valence-corrected chi connectivity index (χ2v) is 15.5. The smallest absolute Gasteiger partial charge is 0.0622 e. The van der Waals surface area contributed by atoms with E-state index in [-0.39, 0.29) is 22.3 Å². The van der Waals surface area contributed by atoms with Gasteiger partial charge in [-0.05, 0) is 123 Å². The Labute approximate surface area is 198 Å². The summed E-state index contributed by atoms with van der Waals surface area (Å²) in [5.41, 5.74) is 0.706. The van der Waals surface area contributed by atoms with E-state index < -0.39 is 5.60 Å². The van der Waals surface area contributed by atoms with Gasteiger partial charge in [0.1, 0.15) is 0 Å². The van der Waals surface area contributed by atoms with Crippen LogP contribution in [0.1, 0.15) is 120 Å². The van der Waals surface area contributed by atoms with Crippen molar-refractivity contribution < 1.29 is 10.2 Å². The van der Waals surface area contributed by atoms with Crippen LogP contribution in [0.3, 0.4) is 0 Å². The maximum atomic E-state index is 12.0. The van der Waals surface area contributed by atoms with Crippen molar-refractivity contribution >= 4 is 0 Å². The van der Waals surface area contributed by atoms with Gasteiger partial charge in [0.05, 0.1) is 11.7 Å². The topological polar surface area (TPSA) is 40.5 Å². The van der Waals surface area contributed by atoms with Crippen LogP contribution in [0.2, 0.25) is 0 Å². The Hall–Kier alpha value is -0.0800. The van der Waals surface area contributed by atoms with Gasteiger partial charge in [0.15, 0.2) is 0 Å². The molecular formula is C30H52O2. The van der Waals surface area contributed by atoms with E-state index in [2.05, 4.69) is 41.5 Å². The highest BCUT2D eigenvalue weighted by molar-refractivity contribution is 5.21. The lowest BCUT2D eigenvalue weighted by Crippen LogP contribution is -2.69. The monoisotopic (exact) mass is 444 g/mol. The predicted molar refractivity (Wildman–Crippen MR) is 132 cm³/mol. The van der Waals surface area contributed by atoms with Crippen molar-refractivity contribution in [1.29, 1.82) is 0 Å². The quantitative estimate of drug-likeness (QED) is 0.448. The molecule has 0 bridgehead atoms. The predicted octanol–water partition coefficient (Wildman–Crippen LogP) is 7.22. The third-order valence-electron chi connectivity index (χ3n) is 13.7. The molecule has 0 unspecified atom stereocenters. The summed E-state index contributed by atoms with van der Waals surface area (Å²) in [5, 5.41) is 23.0. The Bertz CT molecular complexity index is 765. The van der Waals surface area contributed by atoms with Crippen molar-refractivity contribution in [2.45, 2.75) is 131 Å². The molecule has 2 N–H and O–H groups in total. The molecular weight excluding hydrogens is 392 g/mol. The largest absolute Gasteiger partial charge is 0.393 e. The fourth-order valence-corrected chi connectivity index (χ4v) is 12.1. The van der Waals surface area contributed by atoms with Gasteiger partial charge in [0, 0.05) is 5.41 Å². The Balaban J connectivity index is 1.56. The summed E-state index contributed by atoms with van der Waals surface area (Å²) in [6.45, 7) is 19.4. The second kappa shape index (κ2) is 6.77.